The number of aryl methyl sites for hydroxylation is 1. The number of aromatic nitrogens is 7. The van der Waals surface area contributed by atoms with E-state index in [1.165, 1.54) is 6.42 Å². The quantitative estimate of drug-likeness (QED) is 0.707. The number of fused-ring (bicyclic) bond motifs is 1. The molecule has 3 aromatic rings. The van der Waals surface area contributed by atoms with E-state index in [0.29, 0.717) is 11.8 Å². The van der Waals surface area contributed by atoms with Crippen LogP contribution in [-0.4, -0.2) is 46.9 Å². The molecule has 3 aromatic heterocycles. The summed E-state index contributed by atoms with van der Waals surface area (Å²) in [6, 6.07) is 2.55. The van der Waals surface area contributed by atoms with Crippen LogP contribution in [0, 0.1) is 0 Å². The van der Waals surface area contributed by atoms with Gasteiger partial charge >= 0.3 is 0 Å². The van der Waals surface area contributed by atoms with Crippen LogP contribution in [0.4, 0.5) is 5.82 Å². The van der Waals surface area contributed by atoms with E-state index in [0.717, 1.165) is 43.9 Å². The average molecular weight is 312 g/mol. The van der Waals surface area contributed by atoms with Gasteiger partial charge in [-0.25, -0.2) is 9.97 Å². The normalized spacial score (nSPS) is 18.1. The molecule has 1 aliphatic rings. The zero-order valence-corrected chi connectivity index (χ0v) is 13.2. The molecule has 1 atom stereocenters. The van der Waals surface area contributed by atoms with E-state index in [1.807, 2.05) is 9.20 Å². The standard InChI is InChI=1S/C15H20N8/c1-2-4-12-7-14(23-15(20-12)17-10-19-23)22-6-3-5-13(22)8-21-11-16-9-18-21/h7,9-11,13H,2-6,8H2,1H3/t13-/m0/s1. The number of anilines is 1. The first-order valence-electron chi connectivity index (χ1n) is 8.14. The van der Waals surface area contributed by atoms with Crippen molar-refractivity contribution in [3.05, 3.63) is 30.7 Å². The van der Waals surface area contributed by atoms with Crippen LogP contribution in [0.5, 0.6) is 0 Å². The highest BCUT2D eigenvalue weighted by Crippen LogP contribution is 2.27. The molecule has 8 heteroatoms. The van der Waals surface area contributed by atoms with Crippen LogP contribution in [0.1, 0.15) is 31.9 Å². The number of nitrogens with zero attached hydrogens (tertiary/aromatic N) is 8. The molecule has 1 fully saturated rings. The first kappa shape index (κ1) is 14.1. The zero-order valence-electron chi connectivity index (χ0n) is 13.2. The van der Waals surface area contributed by atoms with E-state index in [9.17, 15) is 0 Å². The second kappa shape index (κ2) is 5.94. The summed E-state index contributed by atoms with van der Waals surface area (Å²) in [4.78, 5) is 15.3. The predicted molar refractivity (Wildman–Crippen MR) is 85.2 cm³/mol. The molecule has 0 N–H and O–H groups in total. The maximum absolute atomic E-state index is 4.59. The lowest BCUT2D eigenvalue weighted by atomic mass is 10.2. The summed E-state index contributed by atoms with van der Waals surface area (Å²) in [5, 5.41) is 8.60. The Morgan fingerprint density at radius 3 is 3.04 bits per heavy atom. The molecule has 0 aliphatic carbocycles. The molecule has 4 rings (SSSR count). The lowest BCUT2D eigenvalue weighted by molar-refractivity contribution is 0.504. The Morgan fingerprint density at radius 2 is 2.22 bits per heavy atom. The van der Waals surface area contributed by atoms with Gasteiger partial charge in [-0.2, -0.15) is 19.7 Å². The minimum absolute atomic E-state index is 0.390. The minimum Gasteiger partial charge on any atom is -0.352 e. The summed E-state index contributed by atoms with van der Waals surface area (Å²) in [5.74, 6) is 1.76. The molecular weight excluding hydrogens is 292 g/mol. The molecule has 0 saturated carbocycles. The molecule has 0 radical (unpaired) electrons. The molecule has 0 spiro atoms. The van der Waals surface area contributed by atoms with Gasteiger partial charge < -0.3 is 4.90 Å². The number of rotatable bonds is 5. The lowest BCUT2D eigenvalue weighted by Crippen LogP contribution is -2.34. The van der Waals surface area contributed by atoms with Crippen molar-refractivity contribution in [1.82, 2.24) is 34.3 Å². The predicted octanol–water partition coefficient (Wildman–Crippen LogP) is 1.34. The van der Waals surface area contributed by atoms with Gasteiger partial charge in [0.15, 0.2) is 0 Å². The van der Waals surface area contributed by atoms with Crippen LogP contribution in [0.2, 0.25) is 0 Å². The van der Waals surface area contributed by atoms with Gasteiger partial charge in [0.05, 0.1) is 12.6 Å². The average Bonchev–Trinajstić information content (AvgIpc) is 3.28. The summed E-state index contributed by atoms with van der Waals surface area (Å²) in [6.07, 6.45) is 9.26. The first-order chi connectivity index (χ1) is 11.3. The molecular formula is C15H20N8. The fourth-order valence-corrected chi connectivity index (χ4v) is 3.30. The Labute approximate surface area is 134 Å². The van der Waals surface area contributed by atoms with Crippen molar-refractivity contribution in [2.45, 2.75) is 45.2 Å². The highest BCUT2D eigenvalue weighted by Gasteiger charge is 2.28. The summed E-state index contributed by atoms with van der Waals surface area (Å²) >= 11 is 0. The Morgan fingerprint density at radius 1 is 1.26 bits per heavy atom. The van der Waals surface area contributed by atoms with Crippen LogP contribution >= 0.6 is 0 Å². The maximum atomic E-state index is 4.59. The summed E-state index contributed by atoms with van der Waals surface area (Å²) < 4.78 is 3.74. The van der Waals surface area contributed by atoms with E-state index >= 15 is 0 Å². The largest absolute Gasteiger partial charge is 0.352 e. The fraction of sp³-hybridized carbons (Fsp3) is 0.533. The number of hydrogen-bond acceptors (Lipinski definition) is 6. The second-order valence-electron chi connectivity index (χ2n) is 5.93. The van der Waals surface area contributed by atoms with E-state index < -0.39 is 0 Å². The molecule has 4 heterocycles. The van der Waals surface area contributed by atoms with E-state index in [-0.39, 0.29) is 0 Å². The van der Waals surface area contributed by atoms with Gasteiger partial charge in [0.25, 0.3) is 5.78 Å². The van der Waals surface area contributed by atoms with E-state index in [1.54, 1.807) is 19.0 Å². The molecule has 120 valence electrons. The molecule has 1 saturated heterocycles. The van der Waals surface area contributed by atoms with Crippen LogP contribution in [0.25, 0.3) is 5.78 Å². The van der Waals surface area contributed by atoms with Crippen molar-refractivity contribution in [3.63, 3.8) is 0 Å². The lowest BCUT2D eigenvalue weighted by Gasteiger charge is -2.27. The highest BCUT2D eigenvalue weighted by molar-refractivity contribution is 5.49. The molecule has 8 nitrogen and oxygen atoms in total. The zero-order chi connectivity index (χ0) is 15.6. The van der Waals surface area contributed by atoms with Gasteiger partial charge in [-0.05, 0) is 19.3 Å². The topological polar surface area (TPSA) is 77.0 Å². The van der Waals surface area contributed by atoms with Crippen molar-refractivity contribution < 1.29 is 0 Å². The molecule has 0 unspecified atom stereocenters. The third kappa shape index (κ3) is 2.64. The van der Waals surface area contributed by atoms with Gasteiger partial charge in [-0.1, -0.05) is 13.3 Å². The van der Waals surface area contributed by atoms with Crippen LogP contribution in [-0.2, 0) is 13.0 Å². The Hall–Kier alpha value is -2.51. The van der Waals surface area contributed by atoms with Crippen LogP contribution < -0.4 is 4.90 Å². The van der Waals surface area contributed by atoms with Gasteiger partial charge in [0, 0.05) is 18.3 Å². The van der Waals surface area contributed by atoms with Gasteiger partial charge in [0.2, 0.25) is 0 Å². The van der Waals surface area contributed by atoms with Gasteiger partial charge in [0.1, 0.15) is 24.8 Å². The fourth-order valence-electron chi connectivity index (χ4n) is 3.30. The van der Waals surface area contributed by atoms with E-state index in [2.05, 4.69) is 43.0 Å². The summed E-state index contributed by atoms with van der Waals surface area (Å²) in [7, 11) is 0. The summed E-state index contributed by atoms with van der Waals surface area (Å²) in [6.45, 7) is 4.02. The minimum atomic E-state index is 0.390. The molecule has 0 amide bonds. The molecule has 1 aliphatic heterocycles. The highest BCUT2D eigenvalue weighted by atomic mass is 15.4. The third-order valence-electron chi connectivity index (χ3n) is 4.33. The van der Waals surface area contributed by atoms with E-state index in [4.69, 9.17) is 0 Å². The molecule has 0 bridgehead atoms. The summed E-state index contributed by atoms with van der Waals surface area (Å²) in [5.41, 5.74) is 1.08. The monoisotopic (exact) mass is 312 g/mol. The maximum Gasteiger partial charge on any atom is 0.254 e. The van der Waals surface area contributed by atoms with Crippen molar-refractivity contribution in [2.75, 3.05) is 11.4 Å². The van der Waals surface area contributed by atoms with Crippen LogP contribution in [0.3, 0.4) is 0 Å². The molecule has 0 aromatic carbocycles. The van der Waals surface area contributed by atoms with Crippen molar-refractivity contribution in [2.24, 2.45) is 0 Å². The van der Waals surface area contributed by atoms with Crippen LogP contribution in [0.15, 0.2) is 25.0 Å². The third-order valence-corrected chi connectivity index (χ3v) is 4.33. The van der Waals surface area contributed by atoms with Crippen molar-refractivity contribution in [1.29, 1.82) is 0 Å². The SMILES string of the molecule is CCCc1cc(N2CCC[C@H]2Cn2cncn2)n2ncnc2n1. The van der Waals surface area contributed by atoms with Crippen molar-refractivity contribution >= 4 is 11.6 Å². The van der Waals surface area contributed by atoms with Gasteiger partial charge in [-0.3, -0.25) is 4.68 Å². The Bertz CT molecular complexity index is 778. The smallest absolute Gasteiger partial charge is 0.254 e. The van der Waals surface area contributed by atoms with Crippen molar-refractivity contribution in [3.8, 4) is 0 Å². The Kier molecular flexibility index (Phi) is 3.64. The first-order valence-corrected chi connectivity index (χ1v) is 8.14. The van der Waals surface area contributed by atoms with Gasteiger partial charge in [-0.15, -0.1) is 0 Å². The number of hydrogen-bond donors (Lipinski definition) is 0. The Balaban J connectivity index is 1.70. The molecule has 23 heavy (non-hydrogen) atoms. The second-order valence-corrected chi connectivity index (χ2v) is 5.93.